The largest absolute Gasteiger partial charge is 0.462 e. The van der Waals surface area contributed by atoms with E-state index in [-0.39, 0.29) is 31.1 Å². The summed E-state index contributed by atoms with van der Waals surface area (Å²) < 4.78 is 16.9. The third-order valence-corrected chi connectivity index (χ3v) is 13.8. The van der Waals surface area contributed by atoms with Crippen LogP contribution in [0.15, 0.2) is 0 Å². The zero-order valence-electron chi connectivity index (χ0n) is 44.6. The van der Waals surface area contributed by atoms with E-state index >= 15 is 0 Å². The van der Waals surface area contributed by atoms with Crippen LogP contribution in [0.1, 0.15) is 330 Å². The van der Waals surface area contributed by atoms with Crippen molar-refractivity contribution < 1.29 is 28.6 Å². The van der Waals surface area contributed by atoms with Gasteiger partial charge in [0.05, 0.1) is 0 Å². The molecule has 65 heavy (non-hydrogen) atoms. The molecule has 0 aliphatic heterocycles. The van der Waals surface area contributed by atoms with Gasteiger partial charge in [0.1, 0.15) is 13.2 Å². The Morgan fingerprint density at radius 3 is 0.877 bits per heavy atom. The molecule has 0 spiro atoms. The van der Waals surface area contributed by atoms with Crippen LogP contribution in [0, 0.1) is 11.8 Å². The minimum Gasteiger partial charge on any atom is -0.462 e. The number of carbonyl (C=O) groups excluding carboxylic acids is 3. The molecule has 0 saturated heterocycles. The average molecular weight is 920 g/mol. The zero-order valence-corrected chi connectivity index (χ0v) is 44.6. The number of rotatable bonds is 53. The van der Waals surface area contributed by atoms with Crippen molar-refractivity contribution in [1.29, 1.82) is 0 Å². The van der Waals surface area contributed by atoms with Crippen LogP contribution in [0.25, 0.3) is 0 Å². The van der Waals surface area contributed by atoms with Gasteiger partial charge in [-0.1, -0.05) is 291 Å². The Kier molecular flexibility index (Phi) is 50.5. The summed E-state index contributed by atoms with van der Waals surface area (Å²) in [4.78, 5) is 38.2. The second-order valence-corrected chi connectivity index (χ2v) is 21.0. The van der Waals surface area contributed by atoms with Gasteiger partial charge in [0.2, 0.25) is 0 Å². The molecule has 2 atom stereocenters. The normalized spacial score (nSPS) is 12.5. The first-order valence-corrected chi connectivity index (χ1v) is 29.3. The monoisotopic (exact) mass is 919 g/mol. The second kappa shape index (κ2) is 51.8. The lowest BCUT2D eigenvalue weighted by Crippen LogP contribution is -2.30. The molecule has 0 bridgehead atoms. The van der Waals surface area contributed by atoms with Gasteiger partial charge in [-0.3, -0.25) is 14.4 Å². The van der Waals surface area contributed by atoms with E-state index in [1.807, 2.05) is 0 Å². The number of carbonyl (C=O) groups is 3. The first kappa shape index (κ1) is 63.4. The van der Waals surface area contributed by atoms with Gasteiger partial charge < -0.3 is 14.2 Å². The fraction of sp³-hybridized carbons (Fsp3) is 0.949. The summed E-state index contributed by atoms with van der Waals surface area (Å²) in [5, 5.41) is 0. The highest BCUT2D eigenvalue weighted by atomic mass is 16.6. The van der Waals surface area contributed by atoms with Crippen molar-refractivity contribution in [3.63, 3.8) is 0 Å². The van der Waals surface area contributed by atoms with Crippen molar-refractivity contribution in [3.8, 4) is 0 Å². The Morgan fingerprint density at radius 1 is 0.323 bits per heavy atom. The Bertz CT molecular complexity index is 995. The molecule has 0 N–H and O–H groups in total. The van der Waals surface area contributed by atoms with Crippen LogP contribution in [0.5, 0.6) is 0 Å². The van der Waals surface area contributed by atoms with Gasteiger partial charge in [-0.25, -0.2) is 0 Å². The van der Waals surface area contributed by atoms with E-state index in [9.17, 15) is 14.4 Å². The first-order valence-electron chi connectivity index (χ1n) is 29.3. The molecule has 0 amide bonds. The van der Waals surface area contributed by atoms with E-state index in [2.05, 4.69) is 34.6 Å². The predicted octanol–water partition coefficient (Wildman–Crippen LogP) is 19.3. The van der Waals surface area contributed by atoms with Gasteiger partial charge in [-0.15, -0.1) is 0 Å². The molecule has 0 rings (SSSR count). The second-order valence-electron chi connectivity index (χ2n) is 21.0. The molecule has 6 heteroatoms. The lowest BCUT2D eigenvalue weighted by atomic mass is 9.99. The highest BCUT2D eigenvalue weighted by molar-refractivity contribution is 5.71. The van der Waals surface area contributed by atoms with Crippen LogP contribution in [0.3, 0.4) is 0 Å². The predicted molar refractivity (Wildman–Crippen MR) is 280 cm³/mol. The van der Waals surface area contributed by atoms with Gasteiger partial charge in [-0.05, 0) is 31.1 Å². The van der Waals surface area contributed by atoms with E-state index in [0.717, 1.165) is 69.6 Å². The molecule has 0 radical (unpaired) electrons. The highest BCUT2D eigenvalue weighted by Gasteiger charge is 2.19. The molecular weight excluding hydrogens is 805 g/mol. The molecule has 0 aromatic rings. The average Bonchev–Trinajstić information content (AvgIpc) is 3.29. The third-order valence-electron chi connectivity index (χ3n) is 13.8. The maximum atomic E-state index is 12.9. The summed E-state index contributed by atoms with van der Waals surface area (Å²) in [6.07, 6.45) is 55.1. The van der Waals surface area contributed by atoms with Crippen LogP contribution in [0.2, 0.25) is 0 Å². The van der Waals surface area contributed by atoms with Gasteiger partial charge in [0, 0.05) is 19.3 Å². The molecule has 0 aromatic carbocycles. The molecule has 0 fully saturated rings. The molecule has 0 aliphatic carbocycles. The zero-order chi connectivity index (χ0) is 47.5. The van der Waals surface area contributed by atoms with Gasteiger partial charge in [-0.2, -0.15) is 0 Å². The molecule has 0 aliphatic rings. The summed E-state index contributed by atoms with van der Waals surface area (Å²) in [7, 11) is 0. The maximum absolute atomic E-state index is 12.9. The van der Waals surface area contributed by atoms with Gasteiger partial charge >= 0.3 is 17.9 Å². The van der Waals surface area contributed by atoms with Gasteiger partial charge in [0.25, 0.3) is 0 Å². The van der Waals surface area contributed by atoms with Crippen molar-refractivity contribution in [2.75, 3.05) is 13.2 Å². The van der Waals surface area contributed by atoms with E-state index in [0.29, 0.717) is 19.3 Å². The minimum atomic E-state index is -0.763. The van der Waals surface area contributed by atoms with Crippen molar-refractivity contribution in [1.82, 2.24) is 0 Å². The molecule has 0 aromatic heterocycles. The lowest BCUT2D eigenvalue weighted by Gasteiger charge is -2.18. The van der Waals surface area contributed by atoms with Crippen LogP contribution in [-0.2, 0) is 28.6 Å². The smallest absolute Gasteiger partial charge is 0.306 e. The minimum absolute atomic E-state index is 0.0626. The summed E-state index contributed by atoms with van der Waals surface area (Å²) in [6, 6.07) is 0. The maximum Gasteiger partial charge on any atom is 0.306 e. The first-order chi connectivity index (χ1) is 31.8. The molecule has 6 nitrogen and oxygen atoms in total. The van der Waals surface area contributed by atoms with Crippen LogP contribution in [-0.4, -0.2) is 37.2 Å². The van der Waals surface area contributed by atoms with Crippen molar-refractivity contribution >= 4 is 17.9 Å². The van der Waals surface area contributed by atoms with Crippen molar-refractivity contribution in [2.24, 2.45) is 11.8 Å². The number of hydrogen-bond donors (Lipinski definition) is 0. The number of esters is 3. The van der Waals surface area contributed by atoms with E-state index in [1.165, 1.54) is 218 Å². The summed E-state index contributed by atoms with van der Waals surface area (Å²) in [5.74, 6) is 0.879. The summed E-state index contributed by atoms with van der Waals surface area (Å²) >= 11 is 0. The lowest BCUT2D eigenvalue weighted by molar-refractivity contribution is -0.167. The summed E-state index contributed by atoms with van der Waals surface area (Å²) in [6.45, 7) is 11.4. The topological polar surface area (TPSA) is 78.9 Å². The van der Waals surface area contributed by atoms with Crippen LogP contribution < -0.4 is 0 Å². The summed E-state index contributed by atoms with van der Waals surface area (Å²) in [5.41, 5.74) is 0. The molecule has 386 valence electrons. The molecule has 0 saturated carbocycles. The standard InChI is InChI=1S/C59H114O6/c1-6-8-9-10-11-12-13-14-16-20-23-29-34-39-44-49-57(60)63-52-56(53-64-58(61)50-45-40-35-30-26-25-28-33-38-43-48-55(5)7-2)65-59(62)51-46-41-36-31-24-21-18-15-17-19-22-27-32-37-42-47-54(3)4/h54-56H,6-53H2,1-5H3/t55?,56-/m1/s1. The third kappa shape index (κ3) is 51.6. The Labute approximate surface area is 406 Å². The quantitative estimate of drug-likeness (QED) is 0.0344. The fourth-order valence-electron chi connectivity index (χ4n) is 9.02. The van der Waals surface area contributed by atoms with E-state index in [1.54, 1.807) is 0 Å². The SMILES string of the molecule is CCCCCCCCCCCCCCCCCC(=O)OC[C@H](COC(=O)CCCCCCCCCCCCC(C)CC)OC(=O)CCCCCCCCCCCCCCCCCC(C)C. The fourth-order valence-corrected chi connectivity index (χ4v) is 9.02. The Balaban J connectivity index is 4.30. The van der Waals surface area contributed by atoms with Gasteiger partial charge in [0.15, 0.2) is 6.10 Å². The van der Waals surface area contributed by atoms with Crippen LogP contribution in [0.4, 0.5) is 0 Å². The van der Waals surface area contributed by atoms with E-state index < -0.39 is 6.10 Å². The number of ether oxygens (including phenoxy) is 3. The van der Waals surface area contributed by atoms with E-state index in [4.69, 9.17) is 14.2 Å². The Hall–Kier alpha value is -1.59. The van der Waals surface area contributed by atoms with Crippen LogP contribution >= 0.6 is 0 Å². The Morgan fingerprint density at radius 2 is 0.585 bits per heavy atom. The van der Waals surface area contributed by atoms with Crippen molar-refractivity contribution in [3.05, 3.63) is 0 Å². The van der Waals surface area contributed by atoms with Crippen molar-refractivity contribution in [2.45, 2.75) is 336 Å². The molecular formula is C59H114O6. The highest BCUT2D eigenvalue weighted by Crippen LogP contribution is 2.19. The number of unbranched alkanes of at least 4 members (excludes halogenated alkanes) is 37. The molecule has 1 unspecified atom stereocenters. The number of hydrogen-bond acceptors (Lipinski definition) is 6. The molecule has 0 heterocycles.